The van der Waals surface area contributed by atoms with E-state index in [0.29, 0.717) is 12.5 Å². The van der Waals surface area contributed by atoms with Gasteiger partial charge in [0.25, 0.3) is 0 Å². The van der Waals surface area contributed by atoms with Crippen LogP contribution >= 0.6 is 15.9 Å². The minimum absolute atomic E-state index is 0.340. The van der Waals surface area contributed by atoms with Gasteiger partial charge in [-0.05, 0) is 49.4 Å². The highest BCUT2D eigenvalue weighted by Gasteiger charge is 2.19. The summed E-state index contributed by atoms with van der Waals surface area (Å²) in [5.74, 6) is 1.55. The molecule has 1 fully saturated rings. The zero-order chi connectivity index (χ0) is 13.8. The Labute approximate surface area is 124 Å². The van der Waals surface area contributed by atoms with Gasteiger partial charge in [0.2, 0.25) is 0 Å². The molecule has 0 heterocycles. The summed E-state index contributed by atoms with van der Waals surface area (Å²) in [6.45, 7) is 4.51. The van der Waals surface area contributed by atoms with Gasteiger partial charge in [-0.15, -0.1) is 0 Å². The lowest BCUT2D eigenvalue weighted by molar-refractivity contribution is 0.0855. The van der Waals surface area contributed by atoms with Crippen molar-refractivity contribution in [2.45, 2.75) is 52.1 Å². The second-order valence-electron chi connectivity index (χ2n) is 5.72. The van der Waals surface area contributed by atoms with Crippen LogP contribution in [0.25, 0.3) is 0 Å². The van der Waals surface area contributed by atoms with Gasteiger partial charge in [0, 0.05) is 4.47 Å². The van der Waals surface area contributed by atoms with E-state index in [1.54, 1.807) is 0 Å². The summed E-state index contributed by atoms with van der Waals surface area (Å²) in [5.41, 5.74) is 2.33. The minimum Gasteiger partial charge on any atom is -0.491 e. The molecule has 0 spiro atoms. The van der Waals surface area contributed by atoms with Crippen molar-refractivity contribution in [2.75, 3.05) is 6.61 Å². The SMILES string of the molecule is Cc1cc(OCC(O)CC2CCCC2)cc(C)c1Br. The van der Waals surface area contributed by atoms with Crippen molar-refractivity contribution in [3.05, 3.63) is 27.7 Å². The van der Waals surface area contributed by atoms with Crippen LogP contribution in [0.15, 0.2) is 16.6 Å². The summed E-state index contributed by atoms with van der Waals surface area (Å²) in [7, 11) is 0. The molecule has 1 aliphatic rings. The molecule has 0 aromatic heterocycles. The van der Waals surface area contributed by atoms with Crippen LogP contribution < -0.4 is 4.74 Å². The van der Waals surface area contributed by atoms with Crippen LogP contribution in [0, 0.1) is 19.8 Å². The van der Waals surface area contributed by atoms with Crippen LogP contribution in [-0.2, 0) is 0 Å². The summed E-state index contributed by atoms with van der Waals surface area (Å²) >= 11 is 3.55. The first-order valence-corrected chi connectivity index (χ1v) is 7.93. The fraction of sp³-hybridized carbons (Fsp3) is 0.625. The lowest BCUT2D eigenvalue weighted by atomic mass is 10.0. The van der Waals surface area contributed by atoms with Crippen molar-refractivity contribution in [2.24, 2.45) is 5.92 Å². The third-order valence-corrected chi connectivity index (χ3v) is 5.18. The smallest absolute Gasteiger partial charge is 0.120 e. The number of benzene rings is 1. The van der Waals surface area contributed by atoms with Crippen molar-refractivity contribution in [3.8, 4) is 5.75 Å². The monoisotopic (exact) mass is 326 g/mol. The molecule has 0 bridgehead atoms. The maximum Gasteiger partial charge on any atom is 0.120 e. The number of halogens is 1. The highest BCUT2D eigenvalue weighted by Crippen LogP contribution is 2.29. The maximum absolute atomic E-state index is 10.0. The molecule has 0 aliphatic heterocycles. The molecule has 1 aliphatic carbocycles. The van der Waals surface area contributed by atoms with Crippen molar-refractivity contribution in [1.29, 1.82) is 0 Å². The van der Waals surface area contributed by atoms with Gasteiger partial charge in [-0.1, -0.05) is 41.6 Å². The van der Waals surface area contributed by atoms with E-state index < -0.39 is 0 Å². The molecule has 1 N–H and O–H groups in total. The Morgan fingerprint density at radius 1 is 1.26 bits per heavy atom. The molecule has 3 heteroatoms. The van der Waals surface area contributed by atoms with Crippen LogP contribution in [0.5, 0.6) is 5.75 Å². The predicted octanol–water partition coefficient (Wildman–Crippen LogP) is 4.39. The normalized spacial score (nSPS) is 17.7. The topological polar surface area (TPSA) is 29.5 Å². The van der Waals surface area contributed by atoms with Crippen molar-refractivity contribution in [3.63, 3.8) is 0 Å². The molecule has 106 valence electrons. The fourth-order valence-electron chi connectivity index (χ4n) is 2.88. The van der Waals surface area contributed by atoms with E-state index >= 15 is 0 Å². The van der Waals surface area contributed by atoms with Crippen LogP contribution in [0.3, 0.4) is 0 Å². The van der Waals surface area contributed by atoms with Crippen molar-refractivity contribution < 1.29 is 9.84 Å². The Balaban J connectivity index is 1.84. The quantitative estimate of drug-likeness (QED) is 0.869. The summed E-state index contributed by atoms with van der Waals surface area (Å²) in [6.07, 6.45) is 5.73. The molecular formula is C16H23BrO2. The van der Waals surface area contributed by atoms with E-state index in [-0.39, 0.29) is 6.10 Å². The Kier molecular flexibility index (Phi) is 5.28. The maximum atomic E-state index is 10.0. The average Bonchev–Trinajstić information content (AvgIpc) is 2.86. The fourth-order valence-corrected chi connectivity index (χ4v) is 3.11. The van der Waals surface area contributed by atoms with Gasteiger partial charge in [0.05, 0.1) is 6.10 Å². The van der Waals surface area contributed by atoms with Crippen LogP contribution in [0.4, 0.5) is 0 Å². The number of hydrogen-bond acceptors (Lipinski definition) is 2. The third-order valence-electron chi connectivity index (χ3n) is 3.93. The Hall–Kier alpha value is -0.540. The van der Waals surface area contributed by atoms with E-state index in [1.165, 1.54) is 36.8 Å². The number of rotatable bonds is 5. The zero-order valence-corrected chi connectivity index (χ0v) is 13.4. The lowest BCUT2D eigenvalue weighted by Gasteiger charge is -2.17. The van der Waals surface area contributed by atoms with E-state index in [9.17, 15) is 5.11 Å². The molecular weight excluding hydrogens is 304 g/mol. The van der Waals surface area contributed by atoms with E-state index in [2.05, 4.69) is 29.8 Å². The van der Waals surface area contributed by atoms with Crippen LogP contribution in [0.2, 0.25) is 0 Å². The first-order valence-electron chi connectivity index (χ1n) is 7.14. The van der Waals surface area contributed by atoms with Gasteiger partial charge in [-0.25, -0.2) is 0 Å². The molecule has 1 aromatic carbocycles. The van der Waals surface area contributed by atoms with Gasteiger partial charge >= 0.3 is 0 Å². The average molecular weight is 327 g/mol. The van der Waals surface area contributed by atoms with Gasteiger partial charge in [-0.2, -0.15) is 0 Å². The second-order valence-corrected chi connectivity index (χ2v) is 6.52. The third kappa shape index (κ3) is 4.22. The van der Waals surface area contributed by atoms with E-state index in [1.807, 2.05) is 12.1 Å². The zero-order valence-electron chi connectivity index (χ0n) is 11.8. The van der Waals surface area contributed by atoms with Crippen LogP contribution in [-0.4, -0.2) is 17.8 Å². The predicted molar refractivity (Wildman–Crippen MR) is 81.7 cm³/mol. The van der Waals surface area contributed by atoms with Gasteiger partial charge in [0.15, 0.2) is 0 Å². The lowest BCUT2D eigenvalue weighted by Crippen LogP contribution is -2.20. The van der Waals surface area contributed by atoms with E-state index in [4.69, 9.17) is 4.74 Å². The van der Waals surface area contributed by atoms with Crippen molar-refractivity contribution >= 4 is 15.9 Å². The van der Waals surface area contributed by atoms with Gasteiger partial charge in [0.1, 0.15) is 12.4 Å². The Bertz CT molecular complexity index is 402. The molecule has 2 nitrogen and oxygen atoms in total. The largest absolute Gasteiger partial charge is 0.491 e. The van der Waals surface area contributed by atoms with E-state index in [0.717, 1.165) is 16.6 Å². The van der Waals surface area contributed by atoms with Crippen LogP contribution in [0.1, 0.15) is 43.2 Å². The summed E-state index contributed by atoms with van der Waals surface area (Å²) < 4.78 is 6.85. The van der Waals surface area contributed by atoms with Gasteiger partial charge in [-0.3, -0.25) is 0 Å². The molecule has 1 aromatic rings. The van der Waals surface area contributed by atoms with Crippen molar-refractivity contribution in [1.82, 2.24) is 0 Å². The number of hydrogen-bond donors (Lipinski definition) is 1. The highest BCUT2D eigenvalue weighted by molar-refractivity contribution is 9.10. The summed E-state index contributed by atoms with van der Waals surface area (Å²) in [4.78, 5) is 0. The number of ether oxygens (including phenoxy) is 1. The standard InChI is InChI=1S/C16H23BrO2/c1-11-7-15(8-12(2)16(11)17)19-10-14(18)9-13-5-3-4-6-13/h7-8,13-14,18H,3-6,9-10H2,1-2H3. The number of aliphatic hydroxyl groups is 1. The van der Waals surface area contributed by atoms with Gasteiger partial charge < -0.3 is 9.84 Å². The molecule has 0 radical (unpaired) electrons. The molecule has 1 unspecified atom stereocenters. The molecule has 1 saturated carbocycles. The number of aliphatic hydroxyl groups excluding tert-OH is 1. The molecule has 19 heavy (non-hydrogen) atoms. The summed E-state index contributed by atoms with van der Waals surface area (Å²) in [6, 6.07) is 4.03. The molecule has 2 rings (SSSR count). The number of aryl methyl sites for hydroxylation is 2. The Morgan fingerprint density at radius 2 is 1.84 bits per heavy atom. The molecule has 1 atom stereocenters. The summed E-state index contributed by atoms with van der Waals surface area (Å²) in [5, 5.41) is 10.0. The first kappa shape index (κ1) is 14.9. The highest BCUT2D eigenvalue weighted by atomic mass is 79.9. The second kappa shape index (κ2) is 6.76. The first-order chi connectivity index (χ1) is 9.06. The molecule has 0 saturated heterocycles. The minimum atomic E-state index is -0.340. The molecule has 0 amide bonds. The Morgan fingerprint density at radius 3 is 2.42 bits per heavy atom.